The summed E-state index contributed by atoms with van der Waals surface area (Å²) in [7, 11) is 1.84. The predicted octanol–water partition coefficient (Wildman–Crippen LogP) is 0.212. The SMILES string of the molecule is Cn1cc(Cn2cc(N)ccc2=O)cn1. The Bertz CT molecular complexity index is 526. The quantitative estimate of drug-likeness (QED) is 0.760. The molecule has 0 aliphatic rings. The molecule has 0 bridgehead atoms. The molecule has 0 aliphatic carbocycles. The molecule has 0 saturated heterocycles. The lowest BCUT2D eigenvalue weighted by Gasteiger charge is -2.03. The van der Waals surface area contributed by atoms with E-state index in [1.54, 1.807) is 27.7 Å². The molecule has 0 radical (unpaired) electrons. The maximum Gasteiger partial charge on any atom is 0.250 e. The normalized spacial score (nSPS) is 10.5. The van der Waals surface area contributed by atoms with Crippen molar-refractivity contribution in [3.05, 3.63) is 46.6 Å². The fourth-order valence-corrected chi connectivity index (χ4v) is 1.42. The highest BCUT2D eigenvalue weighted by atomic mass is 16.1. The number of nitrogens with two attached hydrogens (primary N) is 1. The van der Waals surface area contributed by atoms with Crippen LogP contribution in [0.5, 0.6) is 0 Å². The number of anilines is 1. The average Bonchev–Trinajstić information content (AvgIpc) is 2.58. The van der Waals surface area contributed by atoms with Gasteiger partial charge in [0, 0.05) is 36.8 Å². The van der Waals surface area contributed by atoms with Crippen LogP contribution in [0.2, 0.25) is 0 Å². The van der Waals surface area contributed by atoms with Gasteiger partial charge in [-0.25, -0.2) is 0 Å². The molecular weight excluding hydrogens is 192 g/mol. The number of nitrogens with zero attached hydrogens (tertiary/aromatic N) is 3. The topological polar surface area (TPSA) is 65.8 Å². The van der Waals surface area contributed by atoms with E-state index < -0.39 is 0 Å². The predicted molar refractivity (Wildman–Crippen MR) is 57.4 cm³/mol. The summed E-state index contributed by atoms with van der Waals surface area (Å²) >= 11 is 0. The van der Waals surface area contributed by atoms with Gasteiger partial charge in [0.15, 0.2) is 0 Å². The Morgan fingerprint density at radius 1 is 1.40 bits per heavy atom. The van der Waals surface area contributed by atoms with Crippen molar-refractivity contribution in [3.8, 4) is 0 Å². The highest BCUT2D eigenvalue weighted by Gasteiger charge is 2.00. The third-order valence-corrected chi connectivity index (χ3v) is 2.12. The van der Waals surface area contributed by atoms with Crippen molar-refractivity contribution in [2.75, 3.05) is 5.73 Å². The average molecular weight is 204 g/mol. The van der Waals surface area contributed by atoms with Crippen LogP contribution < -0.4 is 11.3 Å². The zero-order valence-corrected chi connectivity index (χ0v) is 8.42. The fourth-order valence-electron chi connectivity index (χ4n) is 1.42. The van der Waals surface area contributed by atoms with Gasteiger partial charge in [-0.15, -0.1) is 0 Å². The van der Waals surface area contributed by atoms with Gasteiger partial charge in [0.05, 0.1) is 12.7 Å². The van der Waals surface area contributed by atoms with E-state index in [1.165, 1.54) is 6.07 Å². The van der Waals surface area contributed by atoms with E-state index in [-0.39, 0.29) is 5.56 Å². The second kappa shape index (κ2) is 3.61. The zero-order valence-electron chi connectivity index (χ0n) is 8.42. The van der Waals surface area contributed by atoms with Gasteiger partial charge in [-0.05, 0) is 6.07 Å². The Morgan fingerprint density at radius 3 is 2.87 bits per heavy atom. The van der Waals surface area contributed by atoms with Crippen LogP contribution in [0, 0.1) is 0 Å². The second-order valence-corrected chi connectivity index (χ2v) is 3.45. The van der Waals surface area contributed by atoms with E-state index in [2.05, 4.69) is 5.10 Å². The number of rotatable bonds is 2. The summed E-state index contributed by atoms with van der Waals surface area (Å²) in [6.07, 6.45) is 5.24. The maximum absolute atomic E-state index is 11.5. The second-order valence-electron chi connectivity index (χ2n) is 3.45. The molecule has 0 spiro atoms. The highest BCUT2D eigenvalue weighted by molar-refractivity contribution is 5.33. The molecule has 0 unspecified atom stereocenters. The summed E-state index contributed by atoms with van der Waals surface area (Å²) in [6, 6.07) is 3.06. The first-order chi connectivity index (χ1) is 7.15. The van der Waals surface area contributed by atoms with E-state index in [0.717, 1.165) is 5.56 Å². The molecule has 2 aromatic rings. The smallest absolute Gasteiger partial charge is 0.250 e. The van der Waals surface area contributed by atoms with Gasteiger partial charge in [0.2, 0.25) is 0 Å². The van der Waals surface area contributed by atoms with Crippen LogP contribution in [-0.2, 0) is 13.6 Å². The first-order valence-corrected chi connectivity index (χ1v) is 4.58. The minimum Gasteiger partial charge on any atom is -0.398 e. The lowest BCUT2D eigenvalue weighted by Crippen LogP contribution is -2.19. The number of nitrogen functional groups attached to an aromatic ring is 1. The number of hydrogen-bond acceptors (Lipinski definition) is 3. The van der Waals surface area contributed by atoms with E-state index in [4.69, 9.17) is 5.73 Å². The highest BCUT2D eigenvalue weighted by Crippen LogP contribution is 2.01. The standard InChI is InChI=1S/C10H12N4O/c1-13-5-8(4-12-13)6-14-7-9(11)2-3-10(14)15/h2-5,7H,6,11H2,1H3. The molecule has 5 nitrogen and oxygen atoms in total. The monoisotopic (exact) mass is 204 g/mol. The van der Waals surface area contributed by atoms with Crippen molar-refractivity contribution < 1.29 is 0 Å². The molecule has 2 N–H and O–H groups in total. The molecule has 5 heteroatoms. The third kappa shape index (κ3) is 2.07. The molecule has 2 aromatic heterocycles. The third-order valence-electron chi connectivity index (χ3n) is 2.12. The summed E-state index contributed by atoms with van der Waals surface area (Å²) in [5.74, 6) is 0. The van der Waals surface area contributed by atoms with Crippen LogP contribution >= 0.6 is 0 Å². The van der Waals surface area contributed by atoms with E-state index >= 15 is 0 Å². The lowest BCUT2D eigenvalue weighted by molar-refractivity contribution is 0.751. The summed E-state index contributed by atoms with van der Waals surface area (Å²) < 4.78 is 3.26. The molecule has 0 amide bonds. The minimum absolute atomic E-state index is 0.0620. The van der Waals surface area contributed by atoms with Gasteiger partial charge in [-0.3, -0.25) is 9.48 Å². The fraction of sp³-hybridized carbons (Fsp3) is 0.200. The van der Waals surface area contributed by atoms with Gasteiger partial charge in [-0.1, -0.05) is 0 Å². The number of aromatic nitrogens is 3. The van der Waals surface area contributed by atoms with Crippen molar-refractivity contribution in [1.29, 1.82) is 0 Å². The lowest BCUT2D eigenvalue weighted by atomic mass is 10.3. The maximum atomic E-state index is 11.5. The summed E-state index contributed by atoms with van der Waals surface area (Å²) in [6.45, 7) is 0.498. The Morgan fingerprint density at radius 2 is 2.20 bits per heavy atom. The molecule has 0 aliphatic heterocycles. The van der Waals surface area contributed by atoms with Crippen molar-refractivity contribution >= 4 is 5.69 Å². The Labute approximate surface area is 86.8 Å². The Hall–Kier alpha value is -2.04. The van der Waals surface area contributed by atoms with Crippen LogP contribution in [0.1, 0.15) is 5.56 Å². The first-order valence-electron chi connectivity index (χ1n) is 4.58. The van der Waals surface area contributed by atoms with Gasteiger partial charge < -0.3 is 10.3 Å². The van der Waals surface area contributed by atoms with E-state index in [1.807, 2.05) is 13.2 Å². The summed E-state index contributed by atoms with van der Waals surface area (Å²) in [4.78, 5) is 11.5. The van der Waals surface area contributed by atoms with Gasteiger partial charge in [0.1, 0.15) is 0 Å². The molecule has 0 saturated carbocycles. The largest absolute Gasteiger partial charge is 0.398 e. The number of hydrogen-bond donors (Lipinski definition) is 1. The van der Waals surface area contributed by atoms with Crippen LogP contribution in [0.25, 0.3) is 0 Å². The van der Waals surface area contributed by atoms with Crippen LogP contribution in [0.3, 0.4) is 0 Å². The summed E-state index contributed by atoms with van der Waals surface area (Å²) in [5, 5.41) is 4.03. The number of pyridine rings is 1. The Kier molecular flexibility index (Phi) is 2.29. The van der Waals surface area contributed by atoms with Crippen LogP contribution in [-0.4, -0.2) is 14.3 Å². The molecular formula is C10H12N4O. The molecule has 0 aromatic carbocycles. The molecule has 78 valence electrons. The van der Waals surface area contributed by atoms with Crippen molar-refractivity contribution in [3.63, 3.8) is 0 Å². The van der Waals surface area contributed by atoms with Crippen molar-refractivity contribution in [2.45, 2.75) is 6.54 Å². The van der Waals surface area contributed by atoms with E-state index in [9.17, 15) is 4.79 Å². The van der Waals surface area contributed by atoms with Gasteiger partial charge in [0.25, 0.3) is 5.56 Å². The van der Waals surface area contributed by atoms with Crippen LogP contribution in [0.4, 0.5) is 5.69 Å². The summed E-state index contributed by atoms with van der Waals surface area (Å²) in [5.41, 5.74) is 7.10. The van der Waals surface area contributed by atoms with E-state index in [0.29, 0.717) is 12.2 Å². The van der Waals surface area contributed by atoms with Crippen LogP contribution in [0.15, 0.2) is 35.5 Å². The first kappa shape index (κ1) is 9.51. The van der Waals surface area contributed by atoms with Gasteiger partial charge in [-0.2, -0.15) is 5.10 Å². The zero-order chi connectivity index (χ0) is 10.8. The molecule has 2 rings (SSSR count). The molecule has 0 atom stereocenters. The number of aryl methyl sites for hydroxylation is 1. The molecule has 15 heavy (non-hydrogen) atoms. The Balaban J connectivity index is 2.31. The minimum atomic E-state index is -0.0620. The molecule has 0 fully saturated rings. The molecule has 2 heterocycles. The van der Waals surface area contributed by atoms with Crippen molar-refractivity contribution in [1.82, 2.24) is 14.3 Å². The van der Waals surface area contributed by atoms with Gasteiger partial charge >= 0.3 is 0 Å². The van der Waals surface area contributed by atoms with Crippen molar-refractivity contribution in [2.24, 2.45) is 7.05 Å².